The summed E-state index contributed by atoms with van der Waals surface area (Å²) >= 11 is 0. The minimum absolute atomic E-state index is 0.0226. The van der Waals surface area contributed by atoms with Gasteiger partial charge >= 0.3 is 0 Å². The molecule has 0 unspecified atom stereocenters. The Morgan fingerprint density at radius 2 is 1.70 bits per heavy atom. The van der Waals surface area contributed by atoms with Crippen LogP contribution in [0.15, 0.2) is 48.5 Å². The summed E-state index contributed by atoms with van der Waals surface area (Å²) in [5.41, 5.74) is 1.67. The van der Waals surface area contributed by atoms with E-state index in [1.165, 1.54) is 0 Å². The molecular formula is C24H30N2O4. The molecule has 1 aliphatic heterocycles. The molecule has 1 aliphatic rings. The molecule has 1 saturated heterocycles. The van der Waals surface area contributed by atoms with Crippen LogP contribution in [-0.2, 0) is 4.79 Å². The smallest absolute Gasteiger partial charge is 0.257 e. The van der Waals surface area contributed by atoms with Crippen molar-refractivity contribution in [1.29, 1.82) is 0 Å². The van der Waals surface area contributed by atoms with Gasteiger partial charge in [0, 0.05) is 25.6 Å². The Balaban J connectivity index is 1.37. The Morgan fingerprint density at radius 1 is 1.03 bits per heavy atom. The predicted molar refractivity (Wildman–Crippen MR) is 116 cm³/mol. The fourth-order valence-electron chi connectivity index (χ4n) is 3.65. The van der Waals surface area contributed by atoms with Gasteiger partial charge in [-0.25, -0.2) is 0 Å². The topological polar surface area (TPSA) is 67.9 Å². The monoisotopic (exact) mass is 410 g/mol. The molecule has 1 fully saturated rings. The van der Waals surface area contributed by atoms with Gasteiger partial charge < -0.3 is 19.7 Å². The molecule has 2 aromatic carbocycles. The van der Waals surface area contributed by atoms with E-state index in [1.54, 1.807) is 19.2 Å². The molecule has 0 spiro atoms. The first-order chi connectivity index (χ1) is 14.6. The van der Waals surface area contributed by atoms with Crippen molar-refractivity contribution in [1.82, 2.24) is 10.2 Å². The van der Waals surface area contributed by atoms with Gasteiger partial charge in [0.05, 0.1) is 19.3 Å². The molecule has 0 aromatic heterocycles. The number of hydrogen-bond donors (Lipinski definition) is 1. The lowest BCUT2D eigenvalue weighted by Crippen LogP contribution is -2.46. The number of carbonyl (C=O) groups excluding carboxylic acids is 2. The summed E-state index contributed by atoms with van der Waals surface area (Å²) in [4.78, 5) is 26.8. The van der Waals surface area contributed by atoms with Gasteiger partial charge in [-0.3, -0.25) is 9.59 Å². The largest absolute Gasteiger partial charge is 0.496 e. The molecule has 2 amide bonds. The van der Waals surface area contributed by atoms with Gasteiger partial charge in [-0.15, -0.1) is 0 Å². The molecule has 0 saturated carbocycles. The highest BCUT2D eigenvalue weighted by atomic mass is 16.5. The highest BCUT2D eigenvalue weighted by Crippen LogP contribution is 2.22. The SMILES string of the molecule is COc1ccccc1C(=O)N1CCC(NC(=O)CCCOc2ccccc2C)CC1. The number of hydrogen-bond acceptors (Lipinski definition) is 4. The fraction of sp³-hybridized carbons (Fsp3) is 0.417. The third-order valence-corrected chi connectivity index (χ3v) is 5.38. The van der Waals surface area contributed by atoms with E-state index < -0.39 is 0 Å². The van der Waals surface area contributed by atoms with E-state index in [0.717, 1.165) is 24.2 Å². The lowest BCUT2D eigenvalue weighted by molar-refractivity contribution is -0.122. The van der Waals surface area contributed by atoms with Crippen molar-refractivity contribution >= 4 is 11.8 Å². The summed E-state index contributed by atoms with van der Waals surface area (Å²) in [6, 6.07) is 15.2. The number of likely N-dealkylation sites (tertiary alicyclic amines) is 1. The molecule has 160 valence electrons. The molecule has 0 bridgehead atoms. The number of aryl methyl sites for hydroxylation is 1. The summed E-state index contributed by atoms with van der Waals surface area (Å²) in [7, 11) is 1.57. The van der Waals surface area contributed by atoms with Crippen LogP contribution in [0.2, 0.25) is 0 Å². The van der Waals surface area contributed by atoms with Gasteiger partial charge in [-0.05, 0) is 49.9 Å². The number of ether oxygens (including phenoxy) is 2. The molecule has 1 heterocycles. The second kappa shape index (κ2) is 10.7. The number of carbonyl (C=O) groups is 2. The second-order valence-electron chi connectivity index (χ2n) is 7.55. The van der Waals surface area contributed by atoms with Gasteiger partial charge in [-0.2, -0.15) is 0 Å². The lowest BCUT2D eigenvalue weighted by atomic mass is 10.0. The average Bonchev–Trinajstić information content (AvgIpc) is 2.78. The van der Waals surface area contributed by atoms with Crippen molar-refractivity contribution in [2.24, 2.45) is 0 Å². The van der Waals surface area contributed by atoms with Gasteiger partial charge in [0.15, 0.2) is 0 Å². The highest BCUT2D eigenvalue weighted by Gasteiger charge is 2.26. The van der Waals surface area contributed by atoms with Crippen LogP contribution in [0.3, 0.4) is 0 Å². The van der Waals surface area contributed by atoms with Crippen LogP contribution >= 0.6 is 0 Å². The minimum atomic E-state index is -0.0226. The number of para-hydroxylation sites is 2. The Kier molecular flexibility index (Phi) is 7.71. The van der Waals surface area contributed by atoms with Crippen LogP contribution in [0.4, 0.5) is 0 Å². The summed E-state index contributed by atoms with van der Waals surface area (Å²) in [6.07, 6.45) is 2.62. The van der Waals surface area contributed by atoms with Gasteiger partial charge in [0.2, 0.25) is 5.91 Å². The Hall–Kier alpha value is -3.02. The van der Waals surface area contributed by atoms with Crippen molar-refractivity contribution in [3.63, 3.8) is 0 Å². The van der Waals surface area contributed by atoms with Gasteiger partial charge in [-0.1, -0.05) is 30.3 Å². The molecular weight excluding hydrogens is 380 g/mol. The molecule has 3 rings (SSSR count). The second-order valence-corrected chi connectivity index (χ2v) is 7.55. The van der Waals surface area contributed by atoms with Gasteiger partial charge in [0.25, 0.3) is 5.91 Å². The predicted octanol–water partition coefficient (Wildman–Crippen LogP) is 3.58. The van der Waals surface area contributed by atoms with Crippen molar-refractivity contribution in [3.8, 4) is 11.5 Å². The van der Waals surface area contributed by atoms with E-state index in [1.807, 2.05) is 48.2 Å². The quantitative estimate of drug-likeness (QED) is 0.676. The maximum Gasteiger partial charge on any atom is 0.257 e. The fourth-order valence-corrected chi connectivity index (χ4v) is 3.65. The number of methoxy groups -OCH3 is 1. The van der Waals surface area contributed by atoms with E-state index in [4.69, 9.17) is 9.47 Å². The zero-order valence-corrected chi connectivity index (χ0v) is 17.7. The summed E-state index contributed by atoms with van der Waals surface area (Å²) in [5, 5.41) is 3.09. The summed E-state index contributed by atoms with van der Waals surface area (Å²) in [5.74, 6) is 1.47. The zero-order chi connectivity index (χ0) is 21.3. The number of nitrogens with zero attached hydrogens (tertiary/aromatic N) is 1. The molecule has 0 atom stereocenters. The molecule has 0 radical (unpaired) electrons. The van der Waals surface area contributed by atoms with Gasteiger partial charge in [0.1, 0.15) is 11.5 Å². The van der Waals surface area contributed by atoms with E-state index >= 15 is 0 Å². The number of benzene rings is 2. The van der Waals surface area contributed by atoms with E-state index in [9.17, 15) is 9.59 Å². The van der Waals surface area contributed by atoms with Crippen LogP contribution in [0.1, 0.15) is 41.6 Å². The summed E-state index contributed by atoms with van der Waals surface area (Å²) in [6.45, 7) is 3.77. The van der Waals surface area contributed by atoms with Crippen LogP contribution in [0.25, 0.3) is 0 Å². The molecule has 6 heteroatoms. The van der Waals surface area contributed by atoms with Crippen LogP contribution < -0.4 is 14.8 Å². The number of amides is 2. The molecule has 30 heavy (non-hydrogen) atoms. The van der Waals surface area contributed by atoms with E-state index in [2.05, 4.69) is 5.32 Å². The lowest BCUT2D eigenvalue weighted by Gasteiger charge is -2.32. The van der Waals surface area contributed by atoms with Crippen molar-refractivity contribution in [3.05, 3.63) is 59.7 Å². The number of rotatable bonds is 8. The standard InChI is InChI=1S/C24H30N2O4/c1-18-8-3-5-10-21(18)30-17-7-12-23(27)25-19-13-15-26(16-14-19)24(28)20-9-4-6-11-22(20)29-2/h3-6,8-11,19H,7,12-17H2,1-2H3,(H,25,27). The number of nitrogens with one attached hydrogen (secondary N) is 1. The van der Waals surface area contributed by atoms with Crippen molar-refractivity contribution in [2.45, 2.75) is 38.6 Å². The third kappa shape index (κ3) is 5.75. The third-order valence-electron chi connectivity index (χ3n) is 5.38. The van der Waals surface area contributed by atoms with Crippen molar-refractivity contribution in [2.75, 3.05) is 26.8 Å². The normalized spacial score (nSPS) is 14.3. The van der Waals surface area contributed by atoms with E-state index in [0.29, 0.717) is 43.9 Å². The summed E-state index contributed by atoms with van der Waals surface area (Å²) < 4.78 is 11.0. The van der Waals surface area contributed by atoms with Crippen LogP contribution in [0, 0.1) is 6.92 Å². The Morgan fingerprint density at radius 3 is 2.40 bits per heavy atom. The highest BCUT2D eigenvalue weighted by molar-refractivity contribution is 5.97. The van der Waals surface area contributed by atoms with Crippen molar-refractivity contribution < 1.29 is 19.1 Å². The van der Waals surface area contributed by atoms with Crippen LogP contribution in [0.5, 0.6) is 11.5 Å². The maximum atomic E-state index is 12.8. The molecule has 2 aromatic rings. The molecule has 6 nitrogen and oxygen atoms in total. The first kappa shape index (κ1) is 21.7. The zero-order valence-electron chi connectivity index (χ0n) is 17.7. The molecule has 1 N–H and O–H groups in total. The first-order valence-electron chi connectivity index (χ1n) is 10.5. The minimum Gasteiger partial charge on any atom is -0.496 e. The van der Waals surface area contributed by atoms with Crippen LogP contribution in [-0.4, -0.2) is 49.6 Å². The Bertz CT molecular complexity index is 860. The van der Waals surface area contributed by atoms with E-state index in [-0.39, 0.29) is 17.9 Å². The average molecular weight is 411 g/mol. The molecule has 0 aliphatic carbocycles. The number of piperidine rings is 1. The first-order valence-corrected chi connectivity index (χ1v) is 10.5. The Labute approximate surface area is 178 Å². The maximum absolute atomic E-state index is 12.8.